The number of carbonyl (C=O) groups is 2. The van der Waals surface area contributed by atoms with E-state index in [-0.39, 0.29) is 12.5 Å². The maximum Gasteiger partial charge on any atom is 0.331 e. The molecular formula is C21H18ClNO4S. The van der Waals surface area contributed by atoms with Crippen LogP contribution in [0.25, 0.3) is 16.2 Å². The van der Waals surface area contributed by atoms with E-state index in [4.69, 9.17) is 21.1 Å². The van der Waals surface area contributed by atoms with E-state index >= 15 is 0 Å². The Labute approximate surface area is 171 Å². The van der Waals surface area contributed by atoms with E-state index in [2.05, 4.69) is 5.32 Å². The average Bonchev–Trinajstić information content (AvgIpc) is 3.05. The Morgan fingerprint density at radius 2 is 1.89 bits per heavy atom. The van der Waals surface area contributed by atoms with Gasteiger partial charge in [-0.25, -0.2) is 4.79 Å². The molecule has 0 radical (unpaired) electrons. The van der Waals surface area contributed by atoms with E-state index in [9.17, 15) is 9.59 Å². The maximum atomic E-state index is 11.9. The number of methoxy groups -OCH3 is 1. The van der Waals surface area contributed by atoms with Crippen molar-refractivity contribution in [1.29, 1.82) is 0 Å². The van der Waals surface area contributed by atoms with Crippen molar-refractivity contribution in [3.8, 4) is 5.75 Å². The third-order valence-corrected chi connectivity index (χ3v) is 5.58. The van der Waals surface area contributed by atoms with Crippen molar-refractivity contribution in [2.75, 3.05) is 13.7 Å². The molecule has 0 unspecified atom stereocenters. The van der Waals surface area contributed by atoms with E-state index in [0.717, 1.165) is 26.3 Å². The van der Waals surface area contributed by atoms with Gasteiger partial charge in [-0.15, -0.1) is 11.3 Å². The number of ether oxygens (including phenoxy) is 2. The molecule has 144 valence electrons. The highest BCUT2D eigenvalue weighted by atomic mass is 35.5. The average molecular weight is 416 g/mol. The summed E-state index contributed by atoms with van der Waals surface area (Å²) in [6.45, 7) is -0.00686. The van der Waals surface area contributed by atoms with Crippen LogP contribution in [-0.4, -0.2) is 25.6 Å². The van der Waals surface area contributed by atoms with Crippen LogP contribution in [0, 0.1) is 0 Å². The minimum atomic E-state index is -0.604. The third-order valence-electron chi connectivity index (χ3n) is 3.92. The number of hydrogen-bond donors (Lipinski definition) is 1. The zero-order valence-electron chi connectivity index (χ0n) is 15.1. The van der Waals surface area contributed by atoms with E-state index in [1.807, 2.05) is 48.5 Å². The number of thiophene rings is 1. The lowest BCUT2D eigenvalue weighted by Gasteiger charge is -2.06. The Bertz CT molecular complexity index is 1010. The van der Waals surface area contributed by atoms with Crippen LogP contribution in [0.4, 0.5) is 0 Å². The van der Waals surface area contributed by atoms with Gasteiger partial charge >= 0.3 is 5.97 Å². The zero-order chi connectivity index (χ0) is 19.9. The van der Waals surface area contributed by atoms with Crippen molar-refractivity contribution in [2.24, 2.45) is 0 Å². The highest BCUT2D eigenvalue weighted by Gasteiger charge is 2.09. The Kier molecular flexibility index (Phi) is 6.68. The van der Waals surface area contributed by atoms with Gasteiger partial charge in [-0.2, -0.15) is 0 Å². The van der Waals surface area contributed by atoms with E-state index in [0.29, 0.717) is 11.6 Å². The van der Waals surface area contributed by atoms with Crippen molar-refractivity contribution >= 4 is 51.0 Å². The van der Waals surface area contributed by atoms with Crippen molar-refractivity contribution in [2.45, 2.75) is 6.54 Å². The molecule has 0 aliphatic heterocycles. The number of hydrogen-bond acceptors (Lipinski definition) is 5. The molecule has 1 amide bonds. The Balaban J connectivity index is 1.47. The fourth-order valence-corrected chi connectivity index (χ4v) is 3.86. The highest BCUT2D eigenvalue weighted by Crippen LogP contribution is 2.35. The number of esters is 1. The molecule has 2 aromatic carbocycles. The Hall–Kier alpha value is -2.83. The second-order valence-electron chi connectivity index (χ2n) is 5.84. The first kappa shape index (κ1) is 19.9. The normalized spacial score (nSPS) is 10.9. The predicted octanol–water partition coefficient (Wildman–Crippen LogP) is 4.44. The Morgan fingerprint density at radius 3 is 2.61 bits per heavy atom. The van der Waals surface area contributed by atoms with E-state index < -0.39 is 5.97 Å². The quantitative estimate of drug-likeness (QED) is 0.457. The summed E-state index contributed by atoms with van der Waals surface area (Å²) in [4.78, 5) is 24.5. The predicted molar refractivity (Wildman–Crippen MR) is 112 cm³/mol. The van der Waals surface area contributed by atoms with Gasteiger partial charge in [0, 0.05) is 27.6 Å². The van der Waals surface area contributed by atoms with Gasteiger partial charge in [-0.3, -0.25) is 4.79 Å². The summed E-state index contributed by atoms with van der Waals surface area (Å²) in [6, 6.07) is 15.1. The summed E-state index contributed by atoms with van der Waals surface area (Å²) in [6.07, 6.45) is 2.87. The minimum Gasteiger partial charge on any atom is -0.497 e. The highest BCUT2D eigenvalue weighted by molar-refractivity contribution is 7.20. The van der Waals surface area contributed by atoms with Gasteiger partial charge < -0.3 is 14.8 Å². The van der Waals surface area contributed by atoms with Gasteiger partial charge in [0.1, 0.15) is 5.75 Å². The summed E-state index contributed by atoms with van der Waals surface area (Å²) < 4.78 is 11.1. The molecule has 1 aromatic heterocycles. The van der Waals surface area contributed by atoms with Crippen LogP contribution >= 0.6 is 22.9 Å². The molecule has 0 spiro atoms. The molecule has 0 atom stereocenters. The first-order valence-corrected chi connectivity index (χ1v) is 9.68. The zero-order valence-corrected chi connectivity index (χ0v) is 16.7. The molecule has 0 saturated heterocycles. The van der Waals surface area contributed by atoms with Crippen LogP contribution in [0.15, 0.2) is 54.6 Å². The van der Waals surface area contributed by atoms with Gasteiger partial charge in [0.15, 0.2) is 6.61 Å². The minimum absolute atomic E-state index is 0.341. The molecule has 7 heteroatoms. The SMILES string of the molecule is COc1ccc(CNC(=O)COC(=O)/C=C/c2sc3ccccc3c2Cl)cc1. The second-order valence-corrected chi connectivity index (χ2v) is 7.30. The number of fused-ring (bicyclic) bond motifs is 1. The van der Waals surface area contributed by atoms with Gasteiger partial charge in [0.05, 0.1) is 12.1 Å². The monoisotopic (exact) mass is 415 g/mol. The maximum absolute atomic E-state index is 11.9. The largest absolute Gasteiger partial charge is 0.497 e. The fraction of sp³-hybridized carbons (Fsp3) is 0.143. The number of halogens is 1. The third kappa shape index (κ3) is 5.12. The molecule has 0 fully saturated rings. The lowest BCUT2D eigenvalue weighted by molar-refractivity contribution is -0.143. The van der Waals surface area contributed by atoms with Crippen molar-refractivity contribution in [3.05, 3.63) is 70.1 Å². The summed E-state index contributed by atoms with van der Waals surface area (Å²) >= 11 is 7.81. The van der Waals surface area contributed by atoms with Crippen molar-refractivity contribution in [3.63, 3.8) is 0 Å². The van der Waals surface area contributed by atoms with Crippen LogP contribution in [0.3, 0.4) is 0 Å². The van der Waals surface area contributed by atoms with Crippen LogP contribution in [0.1, 0.15) is 10.4 Å². The summed E-state index contributed by atoms with van der Waals surface area (Å²) in [5, 5.41) is 4.24. The number of nitrogens with one attached hydrogen (secondary N) is 1. The lowest BCUT2D eigenvalue weighted by Crippen LogP contribution is -2.28. The van der Waals surface area contributed by atoms with Gasteiger partial charge in [-0.05, 0) is 29.8 Å². The molecule has 1 heterocycles. The number of rotatable bonds is 7. The molecule has 1 N–H and O–H groups in total. The molecule has 3 rings (SSSR count). The Morgan fingerprint density at radius 1 is 1.14 bits per heavy atom. The summed E-state index contributed by atoms with van der Waals surface area (Å²) in [7, 11) is 1.59. The van der Waals surface area contributed by atoms with Gasteiger partial charge in [-0.1, -0.05) is 41.9 Å². The first-order valence-electron chi connectivity index (χ1n) is 8.48. The number of amides is 1. The van der Waals surface area contributed by atoms with Crippen molar-refractivity contribution < 1.29 is 19.1 Å². The topological polar surface area (TPSA) is 64.6 Å². The smallest absolute Gasteiger partial charge is 0.331 e. The summed E-state index contributed by atoms with van der Waals surface area (Å²) in [5.74, 6) is -0.236. The van der Waals surface area contributed by atoms with Crippen LogP contribution in [0.5, 0.6) is 5.75 Å². The molecule has 0 aliphatic rings. The molecule has 0 bridgehead atoms. The number of benzene rings is 2. The van der Waals surface area contributed by atoms with E-state index in [1.165, 1.54) is 17.4 Å². The standard InChI is InChI=1S/C21H18ClNO4S/c1-26-15-8-6-14(7-9-15)12-23-19(24)13-27-20(25)11-10-18-21(22)16-4-2-3-5-17(16)28-18/h2-11H,12-13H2,1H3,(H,23,24)/b11-10+. The molecule has 0 aliphatic carbocycles. The fourth-order valence-electron chi connectivity index (χ4n) is 2.46. The van der Waals surface area contributed by atoms with Gasteiger partial charge in [0.25, 0.3) is 5.91 Å². The van der Waals surface area contributed by atoms with Crippen LogP contribution < -0.4 is 10.1 Å². The van der Waals surface area contributed by atoms with Crippen LogP contribution in [-0.2, 0) is 20.9 Å². The van der Waals surface area contributed by atoms with Crippen molar-refractivity contribution in [1.82, 2.24) is 5.32 Å². The lowest BCUT2D eigenvalue weighted by atomic mass is 10.2. The molecule has 5 nitrogen and oxygen atoms in total. The van der Waals surface area contributed by atoms with E-state index in [1.54, 1.807) is 13.2 Å². The van der Waals surface area contributed by atoms with Crippen LogP contribution in [0.2, 0.25) is 5.02 Å². The molecular weight excluding hydrogens is 398 g/mol. The number of carbonyl (C=O) groups excluding carboxylic acids is 2. The summed E-state index contributed by atoms with van der Waals surface area (Å²) in [5.41, 5.74) is 0.916. The molecule has 3 aromatic rings. The molecule has 0 saturated carbocycles. The van der Waals surface area contributed by atoms with Gasteiger partial charge in [0.2, 0.25) is 0 Å². The first-order chi connectivity index (χ1) is 13.6. The second kappa shape index (κ2) is 9.39. The molecule has 28 heavy (non-hydrogen) atoms.